The van der Waals surface area contributed by atoms with Crippen LogP contribution in [0.25, 0.3) is 0 Å². The maximum atomic E-state index is 13.2. The van der Waals surface area contributed by atoms with E-state index in [-0.39, 0.29) is 17.5 Å². The number of carbonyl (C=O) groups excluding carboxylic acids is 1. The number of hydrogen-bond donors (Lipinski definition) is 1. The van der Waals surface area contributed by atoms with Gasteiger partial charge < -0.3 is 9.73 Å². The molecule has 1 aromatic heterocycles. The van der Waals surface area contributed by atoms with Crippen LogP contribution in [0.1, 0.15) is 48.4 Å². The largest absolute Gasteiger partial charge is 0.423 e. The maximum Gasteiger partial charge on any atom is 0.252 e. The van der Waals surface area contributed by atoms with E-state index in [1.807, 2.05) is 13.8 Å². The average Bonchev–Trinajstić information content (AvgIpc) is 2.84. The summed E-state index contributed by atoms with van der Waals surface area (Å²) in [6.07, 6.45) is 0.655. The molecule has 0 aliphatic rings. The Morgan fingerprint density at radius 1 is 1.38 bits per heavy atom. The van der Waals surface area contributed by atoms with E-state index in [2.05, 4.69) is 15.5 Å². The highest BCUT2D eigenvalue weighted by molar-refractivity contribution is 5.94. The number of benzene rings is 1. The lowest BCUT2D eigenvalue weighted by Gasteiger charge is -2.17. The SMILES string of the molecule is Cc1nnc(C(CC(C)C)NC(=O)c2cccc(F)c2)o1. The Hall–Kier alpha value is -2.24. The molecule has 21 heavy (non-hydrogen) atoms. The van der Waals surface area contributed by atoms with Gasteiger partial charge in [0.1, 0.15) is 11.9 Å². The van der Waals surface area contributed by atoms with E-state index in [0.29, 0.717) is 24.1 Å². The van der Waals surface area contributed by atoms with Crippen LogP contribution < -0.4 is 5.32 Å². The van der Waals surface area contributed by atoms with Gasteiger partial charge >= 0.3 is 0 Å². The molecule has 6 heteroatoms. The van der Waals surface area contributed by atoms with E-state index < -0.39 is 5.82 Å². The van der Waals surface area contributed by atoms with Crippen LogP contribution in [-0.4, -0.2) is 16.1 Å². The van der Waals surface area contributed by atoms with Crippen molar-refractivity contribution >= 4 is 5.91 Å². The Morgan fingerprint density at radius 3 is 2.71 bits per heavy atom. The van der Waals surface area contributed by atoms with Gasteiger partial charge in [0.15, 0.2) is 0 Å². The van der Waals surface area contributed by atoms with Gasteiger partial charge in [-0.1, -0.05) is 19.9 Å². The van der Waals surface area contributed by atoms with Crippen molar-refractivity contribution < 1.29 is 13.6 Å². The van der Waals surface area contributed by atoms with Gasteiger partial charge in [-0.15, -0.1) is 10.2 Å². The lowest BCUT2D eigenvalue weighted by molar-refractivity contribution is 0.0923. The maximum absolute atomic E-state index is 13.2. The van der Waals surface area contributed by atoms with E-state index in [1.165, 1.54) is 18.2 Å². The Bertz CT molecular complexity index is 625. The summed E-state index contributed by atoms with van der Waals surface area (Å²) >= 11 is 0. The summed E-state index contributed by atoms with van der Waals surface area (Å²) in [5, 5.41) is 10.6. The van der Waals surface area contributed by atoms with Crippen molar-refractivity contribution in [1.29, 1.82) is 0 Å². The molecule has 1 atom stereocenters. The first-order chi connectivity index (χ1) is 9.95. The highest BCUT2D eigenvalue weighted by Crippen LogP contribution is 2.21. The zero-order valence-corrected chi connectivity index (χ0v) is 12.3. The van der Waals surface area contributed by atoms with Crippen LogP contribution in [0.15, 0.2) is 28.7 Å². The van der Waals surface area contributed by atoms with E-state index in [4.69, 9.17) is 4.42 Å². The molecule has 112 valence electrons. The molecule has 1 N–H and O–H groups in total. The average molecular weight is 291 g/mol. The molecule has 0 saturated heterocycles. The summed E-state index contributed by atoms with van der Waals surface area (Å²) < 4.78 is 18.6. The van der Waals surface area contributed by atoms with Crippen LogP contribution >= 0.6 is 0 Å². The molecule has 5 nitrogen and oxygen atoms in total. The fraction of sp³-hybridized carbons (Fsp3) is 0.400. The number of hydrogen-bond acceptors (Lipinski definition) is 4. The normalized spacial score (nSPS) is 12.4. The highest BCUT2D eigenvalue weighted by atomic mass is 19.1. The van der Waals surface area contributed by atoms with Gasteiger partial charge in [-0.2, -0.15) is 0 Å². The Morgan fingerprint density at radius 2 is 2.14 bits per heavy atom. The van der Waals surface area contributed by atoms with Crippen LogP contribution in [0, 0.1) is 18.7 Å². The fourth-order valence-electron chi connectivity index (χ4n) is 2.02. The second kappa shape index (κ2) is 6.47. The topological polar surface area (TPSA) is 68.0 Å². The van der Waals surface area contributed by atoms with Gasteiger partial charge in [0.25, 0.3) is 5.91 Å². The third-order valence-electron chi connectivity index (χ3n) is 2.94. The molecule has 0 saturated carbocycles. The second-order valence-electron chi connectivity index (χ2n) is 5.33. The van der Waals surface area contributed by atoms with Crippen LogP contribution in [0.4, 0.5) is 4.39 Å². The number of halogens is 1. The predicted octanol–water partition coefficient (Wildman–Crippen LogP) is 3.03. The first-order valence-corrected chi connectivity index (χ1v) is 6.82. The molecule has 0 aliphatic heterocycles. The number of nitrogens with one attached hydrogen (secondary N) is 1. The molecule has 2 rings (SSSR count). The highest BCUT2D eigenvalue weighted by Gasteiger charge is 2.22. The zero-order chi connectivity index (χ0) is 15.4. The number of amides is 1. The first kappa shape index (κ1) is 15.2. The number of carbonyl (C=O) groups is 1. The van der Waals surface area contributed by atoms with Crippen molar-refractivity contribution in [2.45, 2.75) is 33.2 Å². The minimum absolute atomic E-state index is 0.264. The monoisotopic (exact) mass is 291 g/mol. The quantitative estimate of drug-likeness (QED) is 0.919. The van der Waals surface area contributed by atoms with Crippen LogP contribution in [0.5, 0.6) is 0 Å². The molecule has 2 aromatic rings. The summed E-state index contributed by atoms with van der Waals surface area (Å²) in [4.78, 5) is 12.2. The molecule has 1 heterocycles. The van der Waals surface area contributed by atoms with Gasteiger partial charge in [0.2, 0.25) is 11.8 Å². The molecule has 0 bridgehead atoms. The van der Waals surface area contributed by atoms with Crippen LogP contribution in [0.3, 0.4) is 0 Å². The standard InChI is InChI=1S/C15H18FN3O2/c1-9(2)7-13(15-19-18-10(3)21-15)17-14(20)11-5-4-6-12(16)8-11/h4-6,8-9,13H,7H2,1-3H3,(H,17,20). The third-order valence-corrected chi connectivity index (χ3v) is 2.94. The van der Waals surface area contributed by atoms with Crippen LogP contribution in [-0.2, 0) is 0 Å². The molecular weight excluding hydrogens is 273 g/mol. The summed E-state index contributed by atoms with van der Waals surface area (Å²) in [6.45, 7) is 5.76. The lowest BCUT2D eigenvalue weighted by Crippen LogP contribution is -2.29. The Balaban J connectivity index is 2.16. The van der Waals surface area contributed by atoms with Gasteiger partial charge in [0, 0.05) is 12.5 Å². The zero-order valence-electron chi connectivity index (χ0n) is 12.3. The number of nitrogens with zero attached hydrogens (tertiary/aromatic N) is 2. The van der Waals surface area contributed by atoms with Crippen molar-refractivity contribution in [3.8, 4) is 0 Å². The van der Waals surface area contributed by atoms with E-state index in [9.17, 15) is 9.18 Å². The minimum Gasteiger partial charge on any atom is -0.423 e. The molecule has 0 fully saturated rings. The van der Waals surface area contributed by atoms with Gasteiger partial charge in [-0.05, 0) is 30.5 Å². The third kappa shape index (κ3) is 4.11. The number of aryl methyl sites for hydroxylation is 1. The molecule has 1 aromatic carbocycles. The lowest BCUT2D eigenvalue weighted by atomic mass is 10.0. The van der Waals surface area contributed by atoms with Crippen molar-refractivity contribution in [1.82, 2.24) is 15.5 Å². The molecule has 0 radical (unpaired) electrons. The van der Waals surface area contributed by atoms with E-state index in [0.717, 1.165) is 0 Å². The van der Waals surface area contributed by atoms with E-state index >= 15 is 0 Å². The van der Waals surface area contributed by atoms with Crippen LogP contribution in [0.2, 0.25) is 0 Å². The number of rotatable bonds is 5. The van der Waals surface area contributed by atoms with Crippen molar-refractivity contribution in [3.63, 3.8) is 0 Å². The molecule has 1 amide bonds. The summed E-state index contributed by atoms with van der Waals surface area (Å²) in [6, 6.07) is 5.16. The second-order valence-corrected chi connectivity index (χ2v) is 5.33. The van der Waals surface area contributed by atoms with Crippen molar-refractivity contribution in [2.24, 2.45) is 5.92 Å². The summed E-state index contributed by atoms with van der Waals surface area (Å²) in [5.41, 5.74) is 0.264. The molecular formula is C15H18FN3O2. The van der Waals surface area contributed by atoms with Crippen molar-refractivity contribution in [3.05, 3.63) is 47.4 Å². The van der Waals surface area contributed by atoms with E-state index in [1.54, 1.807) is 13.0 Å². The summed E-state index contributed by atoms with van der Waals surface area (Å²) in [7, 11) is 0. The predicted molar refractivity (Wildman–Crippen MR) is 75.1 cm³/mol. The molecule has 0 spiro atoms. The van der Waals surface area contributed by atoms with Gasteiger partial charge in [-0.3, -0.25) is 4.79 Å². The smallest absolute Gasteiger partial charge is 0.252 e. The fourth-order valence-corrected chi connectivity index (χ4v) is 2.02. The Kier molecular flexibility index (Phi) is 4.67. The first-order valence-electron chi connectivity index (χ1n) is 6.82. The van der Waals surface area contributed by atoms with Gasteiger partial charge in [-0.25, -0.2) is 4.39 Å². The van der Waals surface area contributed by atoms with Crippen molar-refractivity contribution in [2.75, 3.05) is 0 Å². The molecule has 0 aliphatic carbocycles. The molecule has 1 unspecified atom stereocenters. The minimum atomic E-state index is -0.448. The summed E-state index contributed by atoms with van der Waals surface area (Å²) in [5.74, 6) is 0.326. The number of aromatic nitrogens is 2. The Labute approximate surface area is 122 Å². The van der Waals surface area contributed by atoms with Gasteiger partial charge in [0.05, 0.1) is 0 Å².